The highest BCUT2D eigenvalue weighted by atomic mass is 35.5. The number of ketones is 1. The Balaban J connectivity index is 2.13. The first-order valence-corrected chi connectivity index (χ1v) is 8.05. The van der Waals surface area contributed by atoms with Gasteiger partial charge in [0, 0.05) is 24.1 Å². The van der Waals surface area contributed by atoms with E-state index >= 15 is 0 Å². The van der Waals surface area contributed by atoms with Crippen molar-refractivity contribution in [1.82, 2.24) is 14.5 Å². The second kappa shape index (κ2) is 5.24. The summed E-state index contributed by atoms with van der Waals surface area (Å²) in [4.78, 5) is 34.0. The minimum absolute atomic E-state index is 0.106. The summed E-state index contributed by atoms with van der Waals surface area (Å²) in [5.41, 5.74) is 3.29. The molecule has 0 amide bonds. The molecule has 0 saturated carbocycles. The summed E-state index contributed by atoms with van der Waals surface area (Å²) in [5.74, 6) is 0.440. The molecule has 0 fully saturated rings. The van der Waals surface area contributed by atoms with Crippen molar-refractivity contribution >= 4 is 28.3 Å². The number of carbonyl (C=O) groups is 1. The first-order chi connectivity index (χ1) is 11.5. The molecule has 1 aliphatic heterocycles. The lowest BCUT2D eigenvalue weighted by Gasteiger charge is -2.21. The fourth-order valence-corrected chi connectivity index (χ4v) is 3.40. The summed E-state index contributed by atoms with van der Waals surface area (Å²) in [6.45, 7) is 3.86. The van der Waals surface area contributed by atoms with Crippen molar-refractivity contribution in [2.24, 2.45) is 0 Å². The number of hydrogen-bond acceptors (Lipinski definition) is 4. The minimum atomic E-state index is -0.123. The summed E-state index contributed by atoms with van der Waals surface area (Å²) in [6, 6.07) is 7.08. The van der Waals surface area contributed by atoms with Gasteiger partial charge in [-0.2, -0.15) is 0 Å². The molecule has 0 N–H and O–H groups in total. The predicted molar refractivity (Wildman–Crippen MR) is 92.7 cm³/mol. The maximum absolute atomic E-state index is 12.9. The molecule has 0 spiro atoms. The lowest BCUT2D eigenvalue weighted by molar-refractivity contribution is 0.101. The van der Waals surface area contributed by atoms with E-state index in [1.165, 1.54) is 6.92 Å². The number of Topliss-reactive ketones (excluding diaryl/α,β-unsaturated/α-hetero) is 1. The molecule has 5 nitrogen and oxygen atoms in total. The van der Waals surface area contributed by atoms with Crippen molar-refractivity contribution in [1.29, 1.82) is 0 Å². The smallest absolute Gasteiger partial charge is 0.261 e. The second-order valence-electron chi connectivity index (χ2n) is 6.04. The zero-order valence-corrected chi connectivity index (χ0v) is 14.0. The van der Waals surface area contributed by atoms with Gasteiger partial charge in [-0.25, -0.2) is 9.97 Å². The van der Waals surface area contributed by atoms with Crippen LogP contribution in [0.2, 0.25) is 5.15 Å². The molecule has 2 aromatic heterocycles. The molecule has 4 rings (SSSR count). The van der Waals surface area contributed by atoms with Crippen LogP contribution in [0.4, 0.5) is 0 Å². The van der Waals surface area contributed by atoms with Gasteiger partial charge in [0.25, 0.3) is 5.56 Å². The number of fused-ring (bicyclic) bond motifs is 4. The van der Waals surface area contributed by atoms with E-state index in [9.17, 15) is 9.59 Å². The van der Waals surface area contributed by atoms with Crippen LogP contribution in [0.25, 0.3) is 22.3 Å². The van der Waals surface area contributed by atoms with Crippen LogP contribution in [-0.2, 0) is 13.0 Å². The molecule has 3 heterocycles. The Morgan fingerprint density at radius 1 is 1.25 bits per heavy atom. The largest absolute Gasteiger partial charge is 0.294 e. The molecule has 1 aliphatic rings. The molecule has 120 valence electrons. The molecule has 0 unspecified atom stereocenters. The Hall–Kier alpha value is -2.53. The van der Waals surface area contributed by atoms with Crippen LogP contribution in [0.1, 0.15) is 28.5 Å². The molecule has 0 radical (unpaired) electrons. The van der Waals surface area contributed by atoms with Gasteiger partial charge in [-0.3, -0.25) is 14.2 Å². The predicted octanol–water partition coefficient (Wildman–Crippen LogP) is 3.18. The highest BCUT2D eigenvalue weighted by Crippen LogP contribution is 2.29. The van der Waals surface area contributed by atoms with Crippen molar-refractivity contribution < 1.29 is 4.79 Å². The topological polar surface area (TPSA) is 64.8 Å². The number of pyridine rings is 1. The van der Waals surface area contributed by atoms with Crippen LogP contribution < -0.4 is 5.56 Å². The summed E-state index contributed by atoms with van der Waals surface area (Å²) >= 11 is 5.97. The molecule has 24 heavy (non-hydrogen) atoms. The summed E-state index contributed by atoms with van der Waals surface area (Å²) < 4.78 is 1.66. The van der Waals surface area contributed by atoms with Gasteiger partial charge in [-0.05, 0) is 43.7 Å². The van der Waals surface area contributed by atoms with Crippen LogP contribution in [0.15, 0.2) is 29.1 Å². The number of halogens is 1. The maximum Gasteiger partial charge on any atom is 0.261 e. The van der Waals surface area contributed by atoms with E-state index in [0.717, 1.165) is 16.8 Å². The van der Waals surface area contributed by atoms with E-state index in [2.05, 4.69) is 9.97 Å². The molecule has 0 saturated heterocycles. The van der Waals surface area contributed by atoms with Gasteiger partial charge in [0.2, 0.25) is 0 Å². The SMILES string of the molecule is CC(=O)c1cc(C)cc2c(=O)n3c(nc12)-c1ccc(Cl)nc1CC3. The first kappa shape index (κ1) is 15.0. The quantitative estimate of drug-likeness (QED) is 0.504. The normalized spacial score (nSPS) is 12.8. The van der Waals surface area contributed by atoms with E-state index in [1.54, 1.807) is 22.8 Å². The Kier molecular flexibility index (Phi) is 3.28. The van der Waals surface area contributed by atoms with Gasteiger partial charge in [0.1, 0.15) is 11.0 Å². The molecule has 0 atom stereocenters. The van der Waals surface area contributed by atoms with Gasteiger partial charge in [-0.1, -0.05) is 11.6 Å². The monoisotopic (exact) mass is 339 g/mol. The number of aryl methyl sites for hydroxylation is 2. The van der Waals surface area contributed by atoms with E-state index < -0.39 is 0 Å². The number of hydrogen-bond donors (Lipinski definition) is 0. The maximum atomic E-state index is 12.9. The van der Waals surface area contributed by atoms with E-state index in [-0.39, 0.29) is 11.3 Å². The van der Waals surface area contributed by atoms with Crippen molar-refractivity contribution in [2.75, 3.05) is 0 Å². The molecule has 0 bridgehead atoms. The second-order valence-corrected chi connectivity index (χ2v) is 6.42. The molecule has 0 aliphatic carbocycles. The highest BCUT2D eigenvalue weighted by Gasteiger charge is 2.23. The first-order valence-electron chi connectivity index (χ1n) is 7.67. The number of nitrogens with zero attached hydrogens (tertiary/aromatic N) is 3. The molecule has 1 aromatic carbocycles. The number of aromatic nitrogens is 3. The van der Waals surface area contributed by atoms with Crippen LogP contribution in [0.5, 0.6) is 0 Å². The van der Waals surface area contributed by atoms with Gasteiger partial charge in [0.15, 0.2) is 5.78 Å². The van der Waals surface area contributed by atoms with Crippen molar-refractivity contribution in [3.8, 4) is 11.4 Å². The third kappa shape index (κ3) is 2.16. The van der Waals surface area contributed by atoms with E-state index in [1.807, 2.05) is 13.0 Å². The Morgan fingerprint density at radius 3 is 2.79 bits per heavy atom. The number of benzene rings is 1. The lowest BCUT2D eigenvalue weighted by Crippen LogP contribution is -2.28. The fraction of sp³-hybridized carbons (Fsp3) is 0.222. The zero-order valence-electron chi connectivity index (χ0n) is 13.3. The summed E-state index contributed by atoms with van der Waals surface area (Å²) in [5, 5.41) is 0.903. The van der Waals surface area contributed by atoms with Crippen molar-refractivity contribution in [3.05, 3.63) is 56.6 Å². The molecule has 6 heteroatoms. The number of rotatable bonds is 1. The van der Waals surface area contributed by atoms with Gasteiger partial charge in [-0.15, -0.1) is 0 Å². The number of carbonyl (C=O) groups excluding carboxylic acids is 1. The summed E-state index contributed by atoms with van der Waals surface area (Å²) in [7, 11) is 0. The Labute approximate surface area is 142 Å². The highest BCUT2D eigenvalue weighted by molar-refractivity contribution is 6.29. The van der Waals surface area contributed by atoms with Crippen molar-refractivity contribution in [2.45, 2.75) is 26.8 Å². The third-order valence-electron chi connectivity index (χ3n) is 4.34. The van der Waals surface area contributed by atoms with Crippen LogP contribution in [0.3, 0.4) is 0 Å². The lowest BCUT2D eigenvalue weighted by atomic mass is 10.0. The average molecular weight is 340 g/mol. The van der Waals surface area contributed by atoms with Crippen LogP contribution >= 0.6 is 11.6 Å². The minimum Gasteiger partial charge on any atom is -0.294 e. The Bertz CT molecular complexity index is 1090. The fourth-order valence-electron chi connectivity index (χ4n) is 3.24. The Morgan fingerprint density at radius 2 is 2.04 bits per heavy atom. The molecule has 3 aromatic rings. The zero-order chi connectivity index (χ0) is 17.0. The van der Waals surface area contributed by atoms with Crippen molar-refractivity contribution in [3.63, 3.8) is 0 Å². The molecular weight excluding hydrogens is 326 g/mol. The van der Waals surface area contributed by atoms with Crippen LogP contribution in [0, 0.1) is 6.92 Å². The standard InChI is InChI=1S/C18H14ClN3O2/c1-9-7-12(10(2)23)16-13(8-9)18(24)22-6-5-14-11(17(22)21-16)3-4-15(19)20-14/h3-4,7-8H,5-6H2,1-2H3. The van der Waals surface area contributed by atoms with E-state index in [4.69, 9.17) is 11.6 Å². The molecular formula is C18H14ClN3O2. The van der Waals surface area contributed by atoms with Gasteiger partial charge >= 0.3 is 0 Å². The van der Waals surface area contributed by atoms with Gasteiger partial charge in [0.05, 0.1) is 16.6 Å². The van der Waals surface area contributed by atoms with Crippen LogP contribution in [-0.4, -0.2) is 20.3 Å². The third-order valence-corrected chi connectivity index (χ3v) is 4.55. The average Bonchev–Trinajstić information content (AvgIpc) is 2.54. The summed E-state index contributed by atoms with van der Waals surface area (Å²) in [6.07, 6.45) is 0.626. The van der Waals surface area contributed by atoms with E-state index in [0.29, 0.717) is 40.4 Å². The van der Waals surface area contributed by atoms with Gasteiger partial charge < -0.3 is 0 Å².